The van der Waals surface area contributed by atoms with Crippen LogP contribution in [0.2, 0.25) is 13.3 Å². The van der Waals surface area contributed by atoms with Gasteiger partial charge in [0.15, 0.2) is 0 Å². The van der Waals surface area contributed by atoms with E-state index in [2.05, 4.69) is 63.0 Å². The summed E-state index contributed by atoms with van der Waals surface area (Å²) in [6.07, 6.45) is 10.3. The van der Waals surface area contributed by atoms with Crippen LogP contribution in [0.15, 0.2) is 40.0 Å². The van der Waals surface area contributed by atoms with Gasteiger partial charge in [-0.25, -0.2) is 0 Å². The van der Waals surface area contributed by atoms with Gasteiger partial charge in [-0.2, -0.15) is 0 Å². The van der Waals surface area contributed by atoms with Crippen molar-refractivity contribution in [2.75, 3.05) is 13.7 Å². The second kappa shape index (κ2) is 14.4. The number of benzene rings is 1. The molecular formula is C24H38OSn. The predicted octanol–water partition coefficient (Wildman–Crippen LogP) is 7.00. The Morgan fingerprint density at radius 1 is 0.923 bits per heavy atom. The fourth-order valence-electron chi connectivity index (χ4n) is 3.63. The van der Waals surface area contributed by atoms with Crippen LogP contribution in [0.5, 0.6) is 0 Å². The quantitative estimate of drug-likeness (QED) is 0.241. The van der Waals surface area contributed by atoms with Gasteiger partial charge in [0.1, 0.15) is 0 Å². The Balaban J connectivity index is 3.17. The first-order valence-electron chi connectivity index (χ1n) is 10.5. The van der Waals surface area contributed by atoms with Gasteiger partial charge in [0.2, 0.25) is 0 Å². The Bertz CT molecular complexity index is 543. The van der Waals surface area contributed by atoms with Gasteiger partial charge in [0.05, 0.1) is 0 Å². The number of methoxy groups -OCH3 is 1. The first-order chi connectivity index (χ1) is 12.7. The minimum absolute atomic E-state index is 0.788. The Hall–Kier alpha value is -0.721. The summed E-state index contributed by atoms with van der Waals surface area (Å²) in [6.45, 7) is 7.76. The van der Waals surface area contributed by atoms with Crippen molar-refractivity contribution in [3.05, 3.63) is 45.6 Å². The third kappa shape index (κ3) is 8.31. The van der Waals surface area contributed by atoms with Crippen molar-refractivity contribution in [3.63, 3.8) is 0 Å². The summed E-state index contributed by atoms with van der Waals surface area (Å²) < 4.78 is 11.7. The Kier molecular flexibility index (Phi) is 12.9. The normalized spacial score (nSPS) is 11.9. The molecule has 0 spiro atoms. The topological polar surface area (TPSA) is 9.23 Å². The molecule has 0 fully saturated rings. The molecular weight excluding hydrogens is 423 g/mol. The Labute approximate surface area is 166 Å². The van der Waals surface area contributed by atoms with Crippen LogP contribution in [0.4, 0.5) is 0 Å². The number of rotatable bonds is 12. The molecule has 0 aliphatic rings. The fraction of sp³-hybridized carbons (Fsp3) is 0.583. The molecule has 2 heteroatoms. The average molecular weight is 461 g/mol. The number of hydrogen-bond donors (Lipinski definition) is 0. The Morgan fingerprint density at radius 3 is 1.92 bits per heavy atom. The molecule has 0 saturated carbocycles. The van der Waals surface area contributed by atoms with E-state index in [1.54, 1.807) is 3.59 Å². The maximum absolute atomic E-state index is 5.67. The van der Waals surface area contributed by atoms with E-state index in [9.17, 15) is 0 Å². The third-order valence-electron chi connectivity index (χ3n) is 5.24. The van der Waals surface area contributed by atoms with E-state index in [0.29, 0.717) is 0 Å². The van der Waals surface area contributed by atoms with Crippen LogP contribution < -0.4 is 0 Å². The van der Waals surface area contributed by atoms with Crippen molar-refractivity contribution < 1.29 is 4.74 Å². The molecule has 0 unspecified atom stereocenters. The molecule has 0 radical (unpaired) electrons. The zero-order chi connectivity index (χ0) is 19.1. The number of ether oxygens (including phenoxy) is 1. The van der Waals surface area contributed by atoms with E-state index in [0.717, 1.165) is 12.2 Å². The van der Waals surface area contributed by atoms with Gasteiger partial charge in [-0.1, -0.05) is 0 Å². The van der Waals surface area contributed by atoms with Crippen LogP contribution in [0.1, 0.15) is 64.9 Å². The van der Waals surface area contributed by atoms with Crippen molar-refractivity contribution >= 4 is 18.4 Å². The minimum atomic E-state index is -2.42. The molecule has 1 aromatic rings. The molecule has 144 valence electrons. The van der Waals surface area contributed by atoms with Crippen LogP contribution >= 0.6 is 0 Å². The summed E-state index contributed by atoms with van der Waals surface area (Å²) >= 11 is -2.42. The molecule has 0 aliphatic heterocycles. The zero-order valence-corrected chi connectivity index (χ0v) is 20.3. The molecule has 26 heavy (non-hydrogen) atoms. The van der Waals surface area contributed by atoms with E-state index >= 15 is 0 Å². The number of hydrogen-bond acceptors (Lipinski definition) is 1. The number of unbranched alkanes of at least 4 members (excludes halogenated alkanes) is 3. The van der Waals surface area contributed by atoms with Crippen molar-refractivity contribution in [1.29, 1.82) is 0 Å². The molecule has 1 rings (SSSR count). The fourth-order valence-corrected chi connectivity index (χ4v) is 19.7. The summed E-state index contributed by atoms with van der Waals surface area (Å²) in [5.41, 5.74) is 1.09. The van der Waals surface area contributed by atoms with Gasteiger partial charge < -0.3 is 0 Å². The second-order valence-electron chi connectivity index (χ2n) is 7.33. The van der Waals surface area contributed by atoms with Crippen LogP contribution in [0.3, 0.4) is 0 Å². The molecule has 1 aromatic carbocycles. The monoisotopic (exact) mass is 462 g/mol. The molecule has 0 aromatic heterocycles. The molecule has 0 heterocycles. The van der Waals surface area contributed by atoms with Crippen molar-refractivity contribution in [2.24, 2.45) is 0 Å². The summed E-state index contributed by atoms with van der Waals surface area (Å²) in [5.74, 6) is 6.71. The summed E-state index contributed by atoms with van der Waals surface area (Å²) in [7, 11) is 1.84. The Morgan fingerprint density at radius 2 is 1.46 bits per heavy atom. The molecule has 0 N–H and O–H groups in total. The molecule has 0 aliphatic carbocycles. The van der Waals surface area contributed by atoms with Crippen molar-refractivity contribution in [1.82, 2.24) is 0 Å². The van der Waals surface area contributed by atoms with Gasteiger partial charge in [-0.05, 0) is 0 Å². The van der Waals surface area contributed by atoms with E-state index in [1.807, 2.05) is 13.2 Å². The van der Waals surface area contributed by atoms with Crippen LogP contribution in [-0.2, 0) is 4.74 Å². The van der Waals surface area contributed by atoms with Crippen LogP contribution in [0.25, 0.3) is 0 Å². The van der Waals surface area contributed by atoms with Gasteiger partial charge in [-0.3, -0.25) is 0 Å². The van der Waals surface area contributed by atoms with Gasteiger partial charge in [0, 0.05) is 0 Å². The first-order valence-corrected chi connectivity index (χ1v) is 18.0. The second-order valence-corrected chi connectivity index (χ2v) is 20.8. The van der Waals surface area contributed by atoms with Crippen molar-refractivity contribution in [2.45, 2.75) is 72.6 Å². The summed E-state index contributed by atoms with van der Waals surface area (Å²) in [5, 5.41) is 0. The standard InChI is InChI=1S/C12H11O.3C4H9.Sn/c1-13-11-7-3-6-10-12-8-4-2-5-9-12;3*1-3-4-2;/h2-5,8-9H,11H2,1H3;3*1,3-4H2,2H3;. The first kappa shape index (κ1) is 23.3. The zero-order valence-electron chi connectivity index (χ0n) is 17.4. The van der Waals surface area contributed by atoms with E-state index in [4.69, 9.17) is 4.74 Å². The van der Waals surface area contributed by atoms with E-state index < -0.39 is 18.4 Å². The number of allylic oxidation sites excluding steroid dienone is 1. The van der Waals surface area contributed by atoms with E-state index in [1.165, 1.54) is 51.8 Å². The molecule has 0 saturated heterocycles. The van der Waals surface area contributed by atoms with E-state index in [-0.39, 0.29) is 0 Å². The summed E-state index contributed by atoms with van der Waals surface area (Å²) in [6, 6.07) is 10.3. The molecule has 1 nitrogen and oxygen atoms in total. The van der Waals surface area contributed by atoms with Crippen molar-refractivity contribution in [3.8, 4) is 11.8 Å². The van der Waals surface area contributed by atoms with Gasteiger partial charge in [0.25, 0.3) is 0 Å². The van der Waals surface area contributed by atoms with Crippen LogP contribution in [0, 0.1) is 11.8 Å². The van der Waals surface area contributed by atoms with Crippen LogP contribution in [-0.4, -0.2) is 32.1 Å². The maximum atomic E-state index is 5.67. The third-order valence-corrected chi connectivity index (χ3v) is 21.2. The van der Waals surface area contributed by atoms with Gasteiger partial charge >= 0.3 is 167 Å². The van der Waals surface area contributed by atoms with Gasteiger partial charge in [-0.15, -0.1) is 0 Å². The molecule has 0 bridgehead atoms. The predicted molar refractivity (Wildman–Crippen MR) is 118 cm³/mol. The SMILES string of the molecule is CCC[CH2][Sn]([CH2]CCC)([CH2]CCC)/[C](=C/C#Cc1ccccc1)COC. The summed E-state index contributed by atoms with van der Waals surface area (Å²) in [4.78, 5) is 0. The molecule has 0 atom stereocenters. The average Bonchev–Trinajstić information content (AvgIpc) is 2.68. The molecule has 0 amide bonds.